The number of ketones is 1. The van der Waals surface area contributed by atoms with Gasteiger partial charge in [0.25, 0.3) is 0 Å². The summed E-state index contributed by atoms with van der Waals surface area (Å²) in [5, 5.41) is 0. The monoisotopic (exact) mass is 264 g/mol. The van der Waals surface area contributed by atoms with Crippen LogP contribution < -0.4 is 0 Å². The van der Waals surface area contributed by atoms with Crippen molar-refractivity contribution in [3.05, 3.63) is 41.2 Å². The Balaban J connectivity index is 2.87. The van der Waals surface area contributed by atoms with Crippen LogP contribution in [-0.4, -0.2) is 18.4 Å². The van der Waals surface area contributed by atoms with E-state index in [1.54, 1.807) is 13.0 Å². The fraction of sp³-hybridized carbons (Fsp3) is 0.333. The number of ether oxygens (including phenoxy) is 1. The minimum atomic E-state index is -0.468. The van der Waals surface area contributed by atoms with Crippen LogP contribution in [0.3, 0.4) is 0 Å². The van der Waals surface area contributed by atoms with E-state index in [9.17, 15) is 14.0 Å². The van der Waals surface area contributed by atoms with Crippen LogP contribution in [-0.2, 0) is 20.7 Å². The molecule has 4 heteroatoms. The van der Waals surface area contributed by atoms with Gasteiger partial charge in [0.1, 0.15) is 11.6 Å². The molecule has 0 aliphatic carbocycles. The number of carbonyl (C=O) groups is 2. The molecule has 3 nitrogen and oxygen atoms in total. The van der Waals surface area contributed by atoms with Crippen LogP contribution in [0.5, 0.6) is 0 Å². The molecule has 19 heavy (non-hydrogen) atoms. The van der Waals surface area contributed by atoms with Gasteiger partial charge in [0.2, 0.25) is 0 Å². The Kier molecular flexibility index (Phi) is 5.93. The van der Waals surface area contributed by atoms with E-state index >= 15 is 0 Å². The smallest absolute Gasteiger partial charge is 0.330 e. The quantitative estimate of drug-likeness (QED) is 0.586. The fourth-order valence-electron chi connectivity index (χ4n) is 1.61. The molecule has 0 saturated heterocycles. The van der Waals surface area contributed by atoms with Crippen molar-refractivity contribution >= 4 is 17.8 Å². The van der Waals surface area contributed by atoms with Crippen molar-refractivity contribution in [3.8, 4) is 0 Å². The highest BCUT2D eigenvalue weighted by Gasteiger charge is 2.04. The van der Waals surface area contributed by atoms with E-state index in [2.05, 4.69) is 0 Å². The Labute approximate surface area is 112 Å². The average Bonchev–Trinajstić information content (AvgIpc) is 2.35. The number of aryl methyl sites for hydroxylation is 1. The lowest BCUT2D eigenvalue weighted by Crippen LogP contribution is -2.00. The van der Waals surface area contributed by atoms with Crippen molar-refractivity contribution in [2.45, 2.75) is 26.7 Å². The second kappa shape index (κ2) is 7.46. The van der Waals surface area contributed by atoms with E-state index in [-0.39, 0.29) is 11.6 Å². The zero-order chi connectivity index (χ0) is 14.3. The lowest BCUT2D eigenvalue weighted by Gasteiger charge is -2.05. The summed E-state index contributed by atoms with van der Waals surface area (Å²) in [4.78, 5) is 22.2. The van der Waals surface area contributed by atoms with Crippen LogP contribution in [0.4, 0.5) is 4.39 Å². The van der Waals surface area contributed by atoms with Crippen LogP contribution in [0.2, 0.25) is 0 Å². The summed E-state index contributed by atoms with van der Waals surface area (Å²) < 4.78 is 18.0. The Bertz CT molecular complexity index is 492. The molecular formula is C15H17FO3. The summed E-state index contributed by atoms with van der Waals surface area (Å²) in [5.41, 5.74) is 1.42. The lowest BCUT2D eigenvalue weighted by atomic mass is 10.0. The van der Waals surface area contributed by atoms with Crippen molar-refractivity contribution < 1.29 is 18.7 Å². The first-order chi connectivity index (χ1) is 9.02. The fourth-order valence-corrected chi connectivity index (χ4v) is 1.61. The largest absolute Gasteiger partial charge is 0.463 e. The first-order valence-electron chi connectivity index (χ1n) is 6.15. The van der Waals surface area contributed by atoms with Crippen molar-refractivity contribution in [1.82, 2.24) is 0 Å². The van der Waals surface area contributed by atoms with Crippen molar-refractivity contribution in [2.24, 2.45) is 0 Å². The number of rotatable bonds is 6. The third-order valence-electron chi connectivity index (χ3n) is 2.54. The van der Waals surface area contributed by atoms with Gasteiger partial charge in [0.05, 0.1) is 6.61 Å². The van der Waals surface area contributed by atoms with Crippen LogP contribution >= 0.6 is 0 Å². The molecule has 0 aromatic heterocycles. The van der Waals surface area contributed by atoms with E-state index in [0.717, 1.165) is 5.56 Å². The van der Waals surface area contributed by atoms with Gasteiger partial charge in [-0.1, -0.05) is 6.07 Å². The highest BCUT2D eigenvalue weighted by Crippen LogP contribution is 2.15. The van der Waals surface area contributed by atoms with Crippen LogP contribution in [0.15, 0.2) is 24.3 Å². The molecule has 0 bridgehead atoms. The molecular weight excluding hydrogens is 247 g/mol. The van der Waals surface area contributed by atoms with Gasteiger partial charge in [0, 0.05) is 12.5 Å². The summed E-state index contributed by atoms with van der Waals surface area (Å²) in [7, 11) is 0. The predicted molar refractivity (Wildman–Crippen MR) is 71.1 cm³/mol. The van der Waals surface area contributed by atoms with Crippen LogP contribution in [0.1, 0.15) is 31.4 Å². The van der Waals surface area contributed by atoms with Gasteiger partial charge < -0.3 is 9.53 Å². The molecule has 1 aromatic rings. The number of hydrogen-bond donors (Lipinski definition) is 0. The van der Waals surface area contributed by atoms with Crippen LogP contribution in [0, 0.1) is 5.82 Å². The van der Waals surface area contributed by atoms with Crippen molar-refractivity contribution in [2.75, 3.05) is 6.61 Å². The molecule has 0 amide bonds. The molecule has 1 rings (SSSR count). The van der Waals surface area contributed by atoms with Crippen molar-refractivity contribution in [3.63, 3.8) is 0 Å². The standard InChI is InChI=1S/C15H17FO3/c1-3-19-15(18)9-7-13-10-14(16)8-6-12(13)5-4-11(2)17/h6-10H,3-5H2,1-2H3/b9-7+. The van der Waals surface area contributed by atoms with E-state index in [1.807, 2.05) is 0 Å². The zero-order valence-electron chi connectivity index (χ0n) is 11.1. The normalized spacial score (nSPS) is 10.7. The third-order valence-corrected chi connectivity index (χ3v) is 2.54. The Hall–Kier alpha value is -1.97. The molecule has 0 heterocycles. The molecule has 0 spiro atoms. The molecule has 0 radical (unpaired) electrons. The zero-order valence-corrected chi connectivity index (χ0v) is 11.1. The summed E-state index contributed by atoms with van der Waals surface area (Å²) in [6.45, 7) is 3.52. The summed E-state index contributed by atoms with van der Waals surface area (Å²) in [6.07, 6.45) is 3.69. The second-order valence-corrected chi connectivity index (χ2v) is 4.13. The summed E-state index contributed by atoms with van der Waals surface area (Å²) in [5.74, 6) is -0.774. The van der Waals surface area contributed by atoms with Gasteiger partial charge in [-0.15, -0.1) is 0 Å². The maximum atomic E-state index is 13.2. The van der Waals surface area contributed by atoms with E-state index in [1.165, 1.54) is 31.2 Å². The maximum Gasteiger partial charge on any atom is 0.330 e. The second-order valence-electron chi connectivity index (χ2n) is 4.13. The highest BCUT2D eigenvalue weighted by molar-refractivity contribution is 5.87. The van der Waals surface area contributed by atoms with E-state index in [4.69, 9.17) is 4.74 Å². The average molecular weight is 264 g/mol. The van der Waals surface area contributed by atoms with Crippen LogP contribution in [0.25, 0.3) is 6.08 Å². The third kappa shape index (κ3) is 5.46. The Morgan fingerprint density at radius 1 is 1.37 bits per heavy atom. The number of benzene rings is 1. The first-order valence-corrected chi connectivity index (χ1v) is 6.15. The van der Waals surface area contributed by atoms with E-state index in [0.29, 0.717) is 25.0 Å². The van der Waals surface area contributed by atoms with Gasteiger partial charge >= 0.3 is 5.97 Å². The predicted octanol–water partition coefficient (Wildman–Crippen LogP) is 2.92. The van der Waals surface area contributed by atoms with E-state index < -0.39 is 5.97 Å². The van der Waals surface area contributed by atoms with Crippen molar-refractivity contribution in [1.29, 1.82) is 0 Å². The molecule has 0 aliphatic heterocycles. The number of esters is 1. The SMILES string of the molecule is CCOC(=O)/C=C/c1cc(F)ccc1CCC(C)=O. The van der Waals surface area contributed by atoms with Gasteiger partial charge in [-0.2, -0.15) is 0 Å². The Morgan fingerprint density at radius 2 is 2.11 bits per heavy atom. The molecule has 0 saturated carbocycles. The molecule has 0 aliphatic rings. The number of hydrogen-bond acceptors (Lipinski definition) is 3. The van der Waals surface area contributed by atoms with Gasteiger partial charge in [-0.3, -0.25) is 0 Å². The highest BCUT2D eigenvalue weighted by atomic mass is 19.1. The topological polar surface area (TPSA) is 43.4 Å². The maximum absolute atomic E-state index is 13.2. The first kappa shape index (κ1) is 15.1. The molecule has 0 unspecified atom stereocenters. The summed E-state index contributed by atoms with van der Waals surface area (Å²) in [6, 6.07) is 4.31. The number of carbonyl (C=O) groups excluding carboxylic acids is 2. The van der Waals surface area contributed by atoms with Gasteiger partial charge in [-0.05, 0) is 49.6 Å². The summed E-state index contributed by atoms with van der Waals surface area (Å²) >= 11 is 0. The Morgan fingerprint density at radius 3 is 2.74 bits per heavy atom. The molecule has 0 atom stereocenters. The molecule has 0 N–H and O–H groups in total. The lowest BCUT2D eigenvalue weighted by molar-refractivity contribution is -0.137. The minimum Gasteiger partial charge on any atom is -0.463 e. The van der Waals surface area contributed by atoms with Gasteiger partial charge in [0.15, 0.2) is 0 Å². The molecule has 102 valence electrons. The molecule has 0 fully saturated rings. The van der Waals surface area contributed by atoms with Gasteiger partial charge in [-0.25, -0.2) is 9.18 Å². The molecule has 1 aromatic carbocycles. The minimum absolute atomic E-state index is 0.0737. The number of halogens is 1. The number of Topliss-reactive ketones (excluding diaryl/α,β-unsaturated/α-hetero) is 1.